The fourth-order valence-corrected chi connectivity index (χ4v) is 1.85. The van der Waals surface area contributed by atoms with Crippen LogP contribution in [0.4, 0.5) is 0 Å². The molecule has 1 fully saturated rings. The molecule has 1 aromatic rings. The predicted molar refractivity (Wildman–Crippen MR) is 63.5 cm³/mol. The Morgan fingerprint density at radius 3 is 2.76 bits per heavy atom. The SMILES string of the molecule is Cc1ccc(C(O)CN2CCOCC2=O)cc1. The van der Waals surface area contributed by atoms with Crippen molar-refractivity contribution in [3.63, 3.8) is 0 Å². The topological polar surface area (TPSA) is 49.8 Å². The average Bonchev–Trinajstić information content (AvgIpc) is 2.33. The molecule has 17 heavy (non-hydrogen) atoms. The van der Waals surface area contributed by atoms with E-state index in [2.05, 4.69) is 0 Å². The number of benzene rings is 1. The molecule has 0 saturated carbocycles. The number of ether oxygens (including phenoxy) is 1. The van der Waals surface area contributed by atoms with Crippen molar-refractivity contribution in [1.29, 1.82) is 0 Å². The van der Waals surface area contributed by atoms with E-state index in [0.29, 0.717) is 19.7 Å². The van der Waals surface area contributed by atoms with E-state index in [1.165, 1.54) is 0 Å². The summed E-state index contributed by atoms with van der Waals surface area (Å²) in [6, 6.07) is 7.70. The number of aryl methyl sites for hydroxylation is 1. The highest BCUT2D eigenvalue weighted by Crippen LogP contribution is 2.15. The largest absolute Gasteiger partial charge is 0.387 e. The number of aliphatic hydroxyl groups is 1. The maximum atomic E-state index is 11.5. The molecule has 0 spiro atoms. The van der Waals surface area contributed by atoms with E-state index in [4.69, 9.17) is 4.74 Å². The zero-order valence-electron chi connectivity index (χ0n) is 9.93. The molecule has 1 amide bonds. The van der Waals surface area contributed by atoms with Crippen LogP contribution in [0, 0.1) is 6.92 Å². The Labute approximate surface area is 101 Å². The molecule has 0 aromatic heterocycles. The predicted octanol–water partition coefficient (Wildman–Crippen LogP) is 0.887. The Balaban J connectivity index is 1.98. The van der Waals surface area contributed by atoms with Crippen molar-refractivity contribution < 1.29 is 14.6 Å². The first-order valence-electron chi connectivity index (χ1n) is 5.77. The monoisotopic (exact) mass is 235 g/mol. The summed E-state index contributed by atoms with van der Waals surface area (Å²) < 4.78 is 5.04. The van der Waals surface area contributed by atoms with Gasteiger partial charge in [-0.15, -0.1) is 0 Å². The first kappa shape index (κ1) is 12.1. The molecule has 1 unspecified atom stereocenters. The van der Waals surface area contributed by atoms with Gasteiger partial charge in [0.1, 0.15) is 6.61 Å². The molecular weight excluding hydrogens is 218 g/mol. The van der Waals surface area contributed by atoms with Gasteiger partial charge in [0.15, 0.2) is 0 Å². The lowest BCUT2D eigenvalue weighted by Crippen LogP contribution is -2.43. The van der Waals surface area contributed by atoms with Gasteiger partial charge >= 0.3 is 0 Å². The molecular formula is C13H17NO3. The van der Waals surface area contributed by atoms with Crippen molar-refractivity contribution in [2.24, 2.45) is 0 Å². The Bertz CT molecular complexity index is 388. The van der Waals surface area contributed by atoms with Crippen molar-refractivity contribution in [3.8, 4) is 0 Å². The minimum Gasteiger partial charge on any atom is -0.387 e. The summed E-state index contributed by atoms with van der Waals surface area (Å²) >= 11 is 0. The van der Waals surface area contributed by atoms with Crippen LogP contribution in [0.25, 0.3) is 0 Å². The van der Waals surface area contributed by atoms with Gasteiger partial charge in [0.2, 0.25) is 5.91 Å². The number of nitrogens with zero attached hydrogens (tertiary/aromatic N) is 1. The molecule has 0 aliphatic carbocycles. The number of hydrogen-bond acceptors (Lipinski definition) is 3. The Kier molecular flexibility index (Phi) is 3.76. The third-order valence-electron chi connectivity index (χ3n) is 2.94. The zero-order valence-corrected chi connectivity index (χ0v) is 9.93. The summed E-state index contributed by atoms with van der Waals surface area (Å²) in [6.07, 6.45) is -0.627. The number of hydrogen-bond donors (Lipinski definition) is 1. The smallest absolute Gasteiger partial charge is 0.248 e. The van der Waals surface area contributed by atoms with E-state index in [1.807, 2.05) is 31.2 Å². The van der Waals surface area contributed by atoms with Crippen LogP contribution in [0.15, 0.2) is 24.3 Å². The van der Waals surface area contributed by atoms with E-state index in [1.54, 1.807) is 4.90 Å². The Morgan fingerprint density at radius 2 is 2.12 bits per heavy atom. The van der Waals surface area contributed by atoms with Crippen LogP contribution in [0.5, 0.6) is 0 Å². The van der Waals surface area contributed by atoms with E-state index in [-0.39, 0.29) is 12.5 Å². The fourth-order valence-electron chi connectivity index (χ4n) is 1.85. The lowest BCUT2D eigenvalue weighted by atomic mass is 10.1. The maximum absolute atomic E-state index is 11.5. The van der Waals surface area contributed by atoms with Gasteiger partial charge in [-0.1, -0.05) is 29.8 Å². The Morgan fingerprint density at radius 1 is 1.41 bits per heavy atom. The van der Waals surface area contributed by atoms with Gasteiger partial charge in [0.05, 0.1) is 19.3 Å². The summed E-state index contributed by atoms with van der Waals surface area (Å²) in [7, 11) is 0. The van der Waals surface area contributed by atoms with Crippen molar-refractivity contribution >= 4 is 5.91 Å². The zero-order chi connectivity index (χ0) is 12.3. The highest BCUT2D eigenvalue weighted by molar-refractivity contribution is 5.78. The van der Waals surface area contributed by atoms with Crippen LogP contribution in [-0.4, -0.2) is 42.2 Å². The van der Waals surface area contributed by atoms with Crippen molar-refractivity contribution in [3.05, 3.63) is 35.4 Å². The van der Waals surface area contributed by atoms with Gasteiger partial charge in [0.25, 0.3) is 0 Å². The average molecular weight is 235 g/mol. The lowest BCUT2D eigenvalue weighted by molar-refractivity contribution is -0.144. The van der Waals surface area contributed by atoms with Crippen LogP contribution < -0.4 is 0 Å². The third kappa shape index (κ3) is 3.05. The highest BCUT2D eigenvalue weighted by atomic mass is 16.5. The molecule has 1 aromatic carbocycles. The highest BCUT2D eigenvalue weighted by Gasteiger charge is 2.21. The molecule has 1 atom stereocenters. The molecule has 4 heteroatoms. The van der Waals surface area contributed by atoms with E-state index in [0.717, 1.165) is 11.1 Å². The van der Waals surface area contributed by atoms with Gasteiger partial charge in [-0.05, 0) is 12.5 Å². The van der Waals surface area contributed by atoms with E-state index in [9.17, 15) is 9.90 Å². The number of aliphatic hydroxyl groups excluding tert-OH is 1. The van der Waals surface area contributed by atoms with Gasteiger partial charge in [-0.3, -0.25) is 4.79 Å². The minimum absolute atomic E-state index is 0.0533. The van der Waals surface area contributed by atoms with Crippen LogP contribution in [0.3, 0.4) is 0 Å². The van der Waals surface area contributed by atoms with Crippen molar-refractivity contribution in [1.82, 2.24) is 4.90 Å². The second-order valence-corrected chi connectivity index (χ2v) is 4.32. The van der Waals surface area contributed by atoms with Gasteiger partial charge in [-0.25, -0.2) is 0 Å². The standard InChI is InChI=1S/C13H17NO3/c1-10-2-4-11(5-3-10)12(15)8-14-6-7-17-9-13(14)16/h2-5,12,15H,6-9H2,1H3. The summed E-state index contributed by atoms with van der Waals surface area (Å²) in [5, 5.41) is 10.0. The minimum atomic E-state index is -0.627. The molecule has 1 saturated heterocycles. The first-order valence-corrected chi connectivity index (χ1v) is 5.77. The maximum Gasteiger partial charge on any atom is 0.248 e. The molecule has 92 valence electrons. The number of β-amino-alcohol motifs (C(OH)–C–C–N with tert-alkyl or cyclic N) is 1. The number of morpholine rings is 1. The normalized spacial score (nSPS) is 18.2. The second kappa shape index (κ2) is 5.29. The number of amides is 1. The fraction of sp³-hybridized carbons (Fsp3) is 0.462. The van der Waals surface area contributed by atoms with Crippen LogP contribution >= 0.6 is 0 Å². The van der Waals surface area contributed by atoms with Gasteiger partial charge < -0.3 is 14.7 Å². The summed E-state index contributed by atoms with van der Waals surface area (Å²) in [4.78, 5) is 13.2. The summed E-state index contributed by atoms with van der Waals surface area (Å²) in [6.45, 7) is 3.57. The Hall–Kier alpha value is -1.39. The second-order valence-electron chi connectivity index (χ2n) is 4.32. The lowest BCUT2D eigenvalue weighted by Gasteiger charge is -2.28. The van der Waals surface area contributed by atoms with E-state index >= 15 is 0 Å². The summed E-state index contributed by atoms with van der Waals surface area (Å²) in [5.41, 5.74) is 2.00. The molecule has 1 aliphatic rings. The summed E-state index contributed by atoms with van der Waals surface area (Å²) in [5.74, 6) is -0.0533. The molecule has 1 aliphatic heterocycles. The van der Waals surface area contributed by atoms with Crippen molar-refractivity contribution in [2.75, 3.05) is 26.3 Å². The quantitative estimate of drug-likeness (QED) is 0.846. The molecule has 1 heterocycles. The van der Waals surface area contributed by atoms with Crippen molar-refractivity contribution in [2.45, 2.75) is 13.0 Å². The van der Waals surface area contributed by atoms with E-state index < -0.39 is 6.10 Å². The molecule has 0 bridgehead atoms. The van der Waals surface area contributed by atoms with Crippen LogP contribution in [0.1, 0.15) is 17.2 Å². The van der Waals surface area contributed by atoms with Gasteiger partial charge in [0, 0.05) is 6.54 Å². The molecule has 2 rings (SSSR count). The molecule has 4 nitrogen and oxygen atoms in total. The molecule has 0 radical (unpaired) electrons. The number of rotatable bonds is 3. The number of carbonyl (C=O) groups is 1. The number of carbonyl (C=O) groups excluding carboxylic acids is 1. The van der Waals surface area contributed by atoms with Gasteiger partial charge in [-0.2, -0.15) is 0 Å². The van der Waals surface area contributed by atoms with Crippen LogP contribution in [-0.2, 0) is 9.53 Å². The van der Waals surface area contributed by atoms with Crippen LogP contribution in [0.2, 0.25) is 0 Å². The third-order valence-corrected chi connectivity index (χ3v) is 2.94. The first-order chi connectivity index (χ1) is 8.16. The molecule has 1 N–H and O–H groups in total.